The van der Waals surface area contributed by atoms with Crippen LogP contribution in [0.15, 0.2) is 54.6 Å². The van der Waals surface area contributed by atoms with Crippen LogP contribution < -0.4 is 10.6 Å². The third kappa shape index (κ3) is 12.5. The first-order valence-electron chi connectivity index (χ1n) is 16.4. The molecule has 254 valence electrons. The van der Waals surface area contributed by atoms with Gasteiger partial charge in [0.15, 0.2) is 0 Å². The number of rotatable bonds is 14. The molecule has 0 aromatic heterocycles. The molecule has 0 aliphatic heterocycles. The Kier molecular flexibility index (Phi) is 14.3. The first kappa shape index (κ1) is 38.3. The molecule has 2 aromatic rings. The van der Waals surface area contributed by atoms with E-state index in [9.17, 15) is 19.2 Å². The highest BCUT2D eigenvalue weighted by Gasteiger charge is 2.39. The summed E-state index contributed by atoms with van der Waals surface area (Å²) in [5, 5.41) is 5.74. The van der Waals surface area contributed by atoms with E-state index in [0.29, 0.717) is 18.4 Å². The maximum atomic E-state index is 14.5. The molecule has 0 bridgehead atoms. The largest absolute Gasteiger partial charge is 0.458 e. The number of hydrogen-bond donors (Lipinski definition) is 2. The van der Waals surface area contributed by atoms with E-state index in [4.69, 9.17) is 9.47 Å². The van der Waals surface area contributed by atoms with Gasteiger partial charge in [0, 0.05) is 13.0 Å². The summed E-state index contributed by atoms with van der Waals surface area (Å²) >= 11 is 0. The Hall–Kier alpha value is -3.88. The molecule has 9 nitrogen and oxygen atoms in total. The van der Waals surface area contributed by atoms with Crippen LogP contribution in [0.1, 0.15) is 104 Å². The van der Waals surface area contributed by atoms with Gasteiger partial charge in [0.05, 0.1) is 0 Å². The molecule has 0 saturated carbocycles. The number of nitrogens with zero attached hydrogens (tertiary/aromatic N) is 1. The Bertz CT molecular complexity index is 1280. The zero-order chi connectivity index (χ0) is 34.7. The van der Waals surface area contributed by atoms with Gasteiger partial charge in [0.2, 0.25) is 11.8 Å². The minimum Gasteiger partial charge on any atom is -0.458 e. The summed E-state index contributed by atoms with van der Waals surface area (Å²) < 4.78 is 11.2. The molecule has 4 atom stereocenters. The van der Waals surface area contributed by atoms with E-state index >= 15 is 0 Å². The predicted octanol–water partition coefficient (Wildman–Crippen LogP) is 6.67. The molecular weight excluding hydrogens is 582 g/mol. The van der Waals surface area contributed by atoms with E-state index < -0.39 is 53.2 Å². The van der Waals surface area contributed by atoms with E-state index in [1.807, 2.05) is 82.3 Å². The summed E-state index contributed by atoms with van der Waals surface area (Å²) in [5.74, 6) is -1.73. The number of aryl methyl sites for hydroxylation is 1. The number of benzene rings is 2. The van der Waals surface area contributed by atoms with Crippen molar-refractivity contribution in [2.24, 2.45) is 5.92 Å². The van der Waals surface area contributed by atoms with Crippen LogP contribution in [0.2, 0.25) is 0 Å². The van der Waals surface area contributed by atoms with Crippen molar-refractivity contribution in [1.29, 1.82) is 0 Å². The third-order valence-corrected chi connectivity index (χ3v) is 7.43. The van der Waals surface area contributed by atoms with Gasteiger partial charge in [-0.1, -0.05) is 93.8 Å². The zero-order valence-corrected chi connectivity index (χ0v) is 29.4. The van der Waals surface area contributed by atoms with Crippen LogP contribution in [0.4, 0.5) is 4.79 Å². The highest BCUT2D eigenvalue weighted by atomic mass is 16.6. The first-order valence-corrected chi connectivity index (χ1v) is 16.4. The molecule has 0 spiro atoms. The lowest BCUT2D eigenvalue weighted by molar-refractivity contribution is -0.159. The lowest BCUT2D eigenvalue weighted by Gasteiger charge is -2.36. The average molecular weight is 638 g/mol. The highest BCUT2D eigenvalue weighted by Crippen LogP contribution is 2.26. The fourth-order valence-electron chi connectivity index (χ4n) is 4.88. The molecule has 2 N–H and O–H groups in total. The normalized spacial score (nSPS) is 14.3. The monoisotopic (exact) mass is 637 g/mol. The molecule has 3 amide bonds. The topological polar surface area (TPSA) is 114 Å². The van der Waals surface area contributed by atoms with Crippen molar-refractivity contribution in [3.8, 4) is 0 Å². The van der Waals surface area contributed by atoms with Gasteiger partial charge in [-0.25, -0.2) is 9.59 Å². The number of carbonyl (C=O) groups excluding carboxylic acids is 4. The molecule has 4 unspecified atom stereocenters. The van der Waals surface area contributed by atoms with Gasteiger partial charge < -0.3 is 25.0 Å². The van der Waals surface area contributed by atoms with Crippen LogP contribution >= 0.6 is 0 Å². The fourth-order valence-corrected chi connectivity index (χ4v) is 4.88. The second-order valence-electron chi connectivity index (χ2n) is 14.0. The van der Waals surface area contributed by atoms with Crippen LogP contribution in [0.25, 0.3) is 0 Å². The summed E-state index contributed by atoms with van der Waals surface area (Å²) in [6, 6.07) is 13.8. The molecule has 2 rings (SSSR count). The summed E-state index contributed by atoms with van der Waals surface area (Å²) in [4.78, 5) is 56.9. The van der Waals surface area contributed by atoms with Crippen molar-refractivity contribution in [2.45, 2.75) is 124 Å². The van der Waals surface area contributed by atoms with Crippen molar-refractivity contribution < 1.29 is 28.7 Å². The van der Waals surface area contributed by atoms with Crippen molar-refractivity contribution in [3.63, 3.8) is 0 Å². The Labute approximate surface area is 275 Å². The molecule has 0 saturated heterocycles. The average Bonchev–Trinajstić information content (AvgIpc) is 2.96. The van der Waals surface area contributed by atoms with Gasteiger partial charge in [-0.3, -0.25) is 9.59 Å². The maximum Gasteiger partial charge on any atom is 0.408 e. The summed E-state index contributed by atoms with van der Waals surface area (Å²) in [7, 11) is 0. The van der Waals surface area contributed by atoms with Crippen LogP contribution in [0, 0.1) is 12.8 Å². The van der Waals surface area contributed by atoms with Gasteiger partial charge in [0.25, 0.3) is 0 Å². The van der Waals surface area contributed by atoms with E-state index in [1.165, 1.54) is 4.90 Å². The number of carbonyl (C=O) groups is 4. The molecule has 0 aliphatic carbocycles. The second kappa shape index (κ2) is 17.2. The van der Waals surface area contributed by atoms with Crippen LogP contribution in [-0.2, 0) is 30.3 Å². The molecule has 46 heavy (non-hydrogen) atoms. The Morgan fingerprint density at radius 1 is 0.826 bits per heavy atom. The SMILES string of the molecule is CCCCN(C(=O)C(NC(=O)OC(C)(C)C)C(C)CC)C(C(=O)NC(Cc1ccccc1)C(=O)OC(C)(C)C)c1ccc(C)cc1. The highest BCUT2D eigenvalue weighted by molar-refractivity contribution is 5.94. The fraction of sp³-hybridized carbons (Fsp3) is 0.568. The maximum absolute atomic E-state index is 14.5. The van der Waals surface area contributed by atoms with Crippen LogP contribution in [0.3, 0.4) is 0 Å². The lowest BCUT2D eigenvalue weighted by Crippen LogP contribution is -2.56. The van der Waals surface area contributed by atoms with Crippen molar-refractivity contribution in [1.82, 2.24) is 15.5 Å². The van der Waals surface area contributed by atoms with Gasteiger partial charge in [-0.2, -0.15) is 0 Å². The quantitative estimate of drug-likeness (QED) is 0.224. The Morgan fingerprint density at radius 3 is 1.93 bits per heavy atom. The number of alkyl carbamates (subject to hydrolysis) is 1. The van der Waals surface area contributed by atoms with Gasteiger partial charge >= 0.3 is 12.1 Å². The lowest BCUT2D eigenvalue weighted by atomic mass is 9.95. The standard InChI is InChI=1S/C37H55N3O6/c1-11-13-23-40(33(42)30(26(4)12-2)39-35(44)46-37(8,9)10)31(28-21-19-25(3)20-22-28)32(41)38-29(34(43)45-36(5,6)7)24-27-17-15-14-16-18-27/h14-22,26,29-31H,11-13,23-24H2,1-10H3,(H,38,41)(H,39,44). The summed E-state index contributed by atoms with van der Waals surface area (Å²) in [6.45, 7) is 18.7. The minimum atomic E-state index is -1.08. The Morgan fingerprint density at radius 2 is 1.41 bits per heavy atom. The zero-order valence-electron chi connectivity index (χ0n) is 29.4. The number of amides is 3. The number of ether oxygens (including phenoxy) is 2. The van der Waals surface area contributed by atoms with E-state index in [2.05, 4.69) is 10.6 Å². The molecule has 2 aromatic carbocycles. The predicted molar refractivity (Wildman–Crippen MR) is 181 cm³/mol. The van der Waals surface area contributed by atoms with Gasteiger partial charge in [-0.05, 0) is 71.9 Å². The van der Waals surface area contributed by atoms with Gasteiger partial charge in [-0.15, -0.1) is 0 Å². The molecule has 0 radical (unpaired) electrons. The molecular formula is C37H55N3O6. The second-order valence-corrected chi connectivity index (χ2v) is 14.0. The van der Waals surface area contributed by atoms with E-state index in [1.54, 1.807) is 41.5 Å². The molecule has 0 aliphatic rings. The van der Waals surface area contributed by atoms with Crippen LogP contribution in [0.5, 0.6) is 0 Å². The van der Waals surface area contributed by atoms with Crippen LogP contribution in [-0.4, -0.2) is 58.6 Å². The smallest absolute Gasteiger partial charge is 0.408 e. The molecule has 9 heteroatoms. The molecule has 0 heterocycles. The third-order valence-electron chi connectivity index (χ3n) is 7.43. The molecule has 0 fully saturated rings. The number of hydrogen-bond acceptors (Lipinski definition) is 6. The van der Waals surface area contributed by atoms with Crippen molar-refractivity contribution >= 4 is 23.9 Å². The van der Waals surface area contributed by atoms with Crippen molar-refractivity contribution in [3.05, 3.63) is 71.3 Å². The van der Waals surface area contributed by atoms with E-state index in [-0.39, 0.29) is 18.9 Å². The van der Waals surface area contributed by atoms with E-state index in [0.717, 1.165) is 17.5 Å². The summed E-state index contributed by atoms with van der Waals surface area (Å²) in [5.41, 5.74) is 0.911. The minimum absolute atomic E-state index is 0.209. The van der Waals surface area contributed by atoms with Gasteiger partial charge in [0.1, 0.15) is 29.3 Å². The first-order chi connectivity index (χ1) is 21.5. The van der Waals surface area contributed by atoms with Crippen molar-refractivity contribution in [2.75, 3.05) is 6.54 Å². The summed E-state index contributed by atoms with van der Waals surface area (Å²) in [6.07, 6.45) is 1.51. The number of nitrogens with one attached hydrogen (secondary N) is 2. The number of unbranched alkanes of at least 4 members (excludes halogenated alkanes) is 1. The Balaban J connectivity index is 2.61. The number of esters is 1.